The number of hydrogen-bond donors (Lipinski definition) is 1. The Morgan fingerprint density at radius 3 is 2.79 bits per heavy atom. The summed E-state index contributed by atoms with van der Waals surface area (Å²) in [6.07, 6.45) is 2.77. The average molecular weight is 199 g/mol. The first-order valence-electron chi connectivity index (χ1n) is 5.17. The zero-order valence-corrected chi connectivity index (χ0v) is 8.48. The molecule has 14 heavy (non-hydrogen) atoms. The van der Waals surface area contributed by atoms with E-state index >= 15 is 0 Å². The van der Waals surface area contributed by atoms with Gasteiger partial charge < -0.3 is 14.7 Å². The van der Waals surface area contributed by atoms with Crippen molar-refractivity contribution in [3.8, 4) is 0 Å². The van der Waals surface area contributed by atoms with Gasteiger partial charge in [-0.1, -0.05) is 0 Å². The summed E-state index contributed by atoms with van der Waals surface area (Å²) in [5.41, 5.74) is 0. The lowest BCUT2D eigenvalue weighted by molar-refractivity contribution is -0.134. The molecule has 0 aromatic carbocycles. The summed E-state index contributed by atoms with van der Waals surface area (Å²) in [7, 11) is 1.71. The highest BCUT2D eigenvalue weighted by atomic mass is 16.5. The number of amides is 1. The summed E-state index contributed by atoms with van der Waals surface area (Å²) in [6.45, 7) is 0.860. The van der Waals surface area contributed by atoms with Crippen LogP contribution in [0, 0.1) is 5.92 Å². The van der Waals surface area contributed by atoms with Crippen molar-refractivity contribution in [1.29, 1.82) is 0 Å². The summed E-state index contributed by atoms with van der Waals surface area (Å²) in [5, 5.41) is 8.97. The van der Waals surface area contributed by atoms with E-state index in [-0.39, 0.29) is 18.4 Å². The van der Waals surface area contributed by atoms with Crippen LogP contribution in [0.25, 0.3) is 0 Å². The smallest absolute Gasteiger partial charge is 0.223 e. The lowest BCUT2D eigenvalue weighted by Crippen LogP contribution is -2.48. The van der Waals surface area contributed by atoms with Crippen molar-refractivity contribution in [3.63, 3.8) is 0 Å². The number of methoxy groups -OCH3 is 1. The van der Waals surface area contributed by atoms with Crippen LogP contribution in [-0.4, -0.2) is 48.3 Å². The third-order valence-electron chi connectivity index (χ3n) is 3.34. The van der Waals surface area contributed by atoms with Crippen LogP contribution in [0.3, 0.4) is 0 Å². The number of likely N-dealkylation sites (tertiary alicyclic amines) is 1. The summed E-state index contributed by atoms with van der Waals surface area (Å²) in [6, 6.07) is 0.365. The van der Waals surface area contributed by atoms with Gasteiger partial charge in [0.2, 0.25) is 5.91 Å². The summed E-state index contributed by atoms with van der Waals surface area (Å²) < 4.78 is 5.18. The molecule has 1 saturated heterocycles. The Kier molecular flexibility index (Phi) is 2.74. The van der Waals surface area contributed by atoms with E-state index in [2.05, 4.69) is 0 Å². The number of hydrogen-bond acceptors (Lipinski definition) is 3. The number of aliphatic hydroxyl groups is 1. The standard InChI is InChI=1S/C10H17NO3/c1-14-9-3-8(4-9)11-5-7(6-12)2-10(11)13/h7-9,12H,2-6H2,1H3. The molecule has 1 unspecified atom stereocenters. The van der Waals surface area contributed by atoms with Crippen molar-refractivity contribution in [3.05, 3.63) is 0 Å². The van der Waals surface area contributed by atoms with Crippen molar-refractivity contribution in [2.45, 2.75) is 31.4 Å². The van der Waals surface area contributed by atoms with E-state index in [0.717, 1.165) is 19.4 Å². The first-order chi connectivity index (χ1) is 6.74. The van der Waals surface area contributed by atoms with Gasteiger partial charge in [0.25, 0.3) is 0 Å². The van der Waals surface area contributed by atoms with E-state index in [9.17, 15) is 4.79 Å². The minimum absolute atomic E-state index is 0.128. The van der Waals surface area contributed by atoms with Crippen molar-refractivity contribution in [2.75, 3.05) is 20.3 Å². The van der Waals surface area contributed by atoms with Crippen LogP contribution < -0.4 is 0 Å². The number of carbonyl (C=O) groups is 1. The molecule has 0 radical (unpaired) electrons. The molecule has 2 fully saturated rings. The Bertz CT molecular complexity index is 225. The molecule has 1 aliphatic carbocycles. The predicted molar refractivity (Wildman–Crippen MR) is 50.7 cm³/mol. The monoisotopic (exact) mass is 199 g/mol. The molecule has 1 aliphatic heterocycles. The van der Waals surface area contributed by atoms with Crippen molar-refractivity contribution in [1.82, 2.24) is 4.90 Å². The van der Waals surface area contributed by atoms with Crippen molar-refractivity contribution in [2.24, 2.45) is 5.92 Å². The van der Waals surface area contributed by atoms with E-state index in [4.69, 9.17) is 9.84 Å². The van der Waals surface area contributed by atoms with E-state index in [1.165, 1.54) is 0 Å². The Morgan fingerprint density at radius 1 is 1.57 bits per heavy atom. The molecule has 2 aliphatic rings. The summed E-state index contributed by atoms with van der Waals surface area (Å²) >= 11 is 0. The second-order valence-electron chi connectivity index (χ2n) is 4.28. The van der Waals surface area contributed by atoms with Gasteiger partial charge in [0.15, 0.2) is 0 Å². The number of aliphatic hydroxyl groups excluding tert-OH is 1. The van der Waals surface area contributed by atoms with Gasteiger partial charge >= 0.3 is 0 Å². The molecule has 0 bridgehead atoms. The molecule has 1 N–H and O–H groups in total. The minimum Gasteiger partial charge on any atom is -0.396 e. The highest BCUT2D eigenvalue weighted by Crippen LogP contribution is 2.32. The summed E-state index contributed by atoms with van der Waals surface area (Å²) in [4.78, 5) is 13.5. The highest BCUT2D eigenvalue weighted by molar-refractivity contribution is 5.79. The second-order valence-corrected chi connectivity index (χ2v) is 4.28. The van der Waals surface area contributed by atoms with Gasteiger partial charge in [0.1, 0.15) is 0 Å². The number of nitrogens with zero attached hydrogens (tertiary/aromatic N) is 1. The van der Waals surface area contributed by atoms with E-state index in [1.807, 2.05) is 4.90 Å². The quantitative estimate of drug-likeness (QED) is 0.696. The Labute approximate surface area is 83.8 Å². The molecule has 1 atom stereocenters. The fourth-order valence-corrected chi connectivity index (χ4v) is 2.27. The Balaban J connectivity index is 1.85. The van der Waals surface area contributed by atoms with Gasteiger partial charge in [-0.2, -0.15) is 0 Å². The van der Waals surface area contributed by atoms with Crippen LogP contribution in [0.15, 0.2) is 0 Å². The molecule has 1 saturated carbocycles. The van der Waals surface area contributed by atoms with Gasteiger partial charge in [0.05, 0.1) is 6.10 Å². The molecule has 4 heteroatoms. The number of ether oxygens (including phenoxy) is 1. The maximum absolute atomic E-state index is 11.5. The zero-order chi connectivity index (χ0) is 10.1. The largest absolute Gasteiger partial charge is 0.396 e. The summed E-state index contributed by atoms with van der Waals surface area (Å²) in [5.74, 6) is 0.354. The average Bonchev–Trinajstić information content (AvgIpc) is 2.46. The molecule has 80 valence electrons. The van der Waals surface area contributed by atoms with Crippen molar-refractivity contribution >= 4 is 5.91 Å². The fourth-order valence-electron chi connectivity index (χ4n) is 2.27. The van der Waals surface area contributed by atoms with Crippen LogP contribution in [0.1, 0.15) is 19.3 Å². The van der Waals surface area contributed by atoms with Crippen LogP contribution >= 0.6 is 0 Å². The Morgan fingerprint density at radius 2 is 2.29 bits per heavy atom. The number of carbonyl (C=O) groups excluding carboxylic acids is 1. The van der Waals surface area contributed by atoms with E-state index < -0.39 is 0 Å². The zero-order valence-electron chi connectivity index (χ0n) is 8.48. The van der Waals surface area contributed by atoms with E-state index in [1.54, 1.807) is 7.11 Å². The topological polar surface area (TPSA) is 49.8 Å². The van der Waals surface area contributed by atoms with Crippen LogP contribution in [0.2, 0.25) is 0 Å². The second kappa shape index (κ2) is 3.87. The third kappa shape index (κ3) is 1.64. The molecule has 0 aromatic heterocycles. The molecule has 0 spiro atoms. The third-order valence-corrected chi connectivity index (χ3v) is 3.34. The minimum atomic E-state index is 0.128. The molecule has 1 heterocycles. The fraction of sp³-hybridized carbons (Fsp3) is 0.900. The van der Waals surface area contributed by atoms with Crippen LogP contribution in [0.4, 0.5) is 0 Å². The van der Waals surface area contributed by atoms with Gasteiger partial charge in [-0.25, -0.2) is 0 Å². The number of rotatable bonds is 3. The van der Waals surface area contributed by atoms with E-state index in [0.29, 0.717) is 18.6 Å². The SMILES string of the molecule is COC1CC(N2CC(CO)CC2=O)C1. The Hall–Kier alpha value is -0.610. The molecule has 0 aromatic rings. The molecular formula is C10H17NO3. The lowest BCUT2D eigenvalue weighted by Gasteiger charge is -2.40. The van der Waals surface area contributed by atoms with Crippen molar-refractivity contribution < 1.29 is 14.6 Å². The first kappa shape index (κ1) is 9.93. The van der Waals surface area contributed by atoms with Gasteiger partial charge in [0, 0.05) is 38.6 Å². The van der Waals surface area contributed by atoms with Gasteiger partial charge in [-0.15, -0.1) is 0 Å². The molecule has 2 rings (SSSR count). The maximum atomic E-state index is 11.5. The predicted octanol–water partition coefficient (Wildman–Crippen LogP) is 0.00460. The lowest BCUT2D eigenvalue weighted by atomic mass is 9.88. The molecule has 1 amide bonds. The normalized spacial score (nSPS) is 37.4. The first-order valence-corrected chi connectivity index (χ1v) is 5.17. The molecular weight excluding hydrogens is 182 g/mol. The van der Waals surface area contributed by atoms with Gasteiger partial charge in [-0.05, 0) is 12.8 Å². The van der Waals surface area contributed by atoms with Crippen LogP contribution in [-0.2, 0) is 9.53 Å². The van der Waals surface area contributed by atoms with Gasteiger partial charge in [-0.3, -0.25) is 4.79 Å². The highest BCUT2D eigenvalue weighted by Gasteiger charge is 2.40. The maximum Gasteiger partial charge on any atom is 0.223 e. The molecule has 4 nitrogen and oxygen atoms in total. The van der Waals surface area contributed by atoms with Crippen LogP contribution in [0.5, 0.6) is 0 Å².